The Hall–Kier alpha value is -2.89. The molecule has 0 saturated heterocycles. The van der Waals surface area contributed by atoms with E-state index in [-0.39, 0.29) is 23.0 Å². The van der Waals surface area contributed by atoms with E-state index in [1.165, 1.54) is 19.3 Å². The molecular weight excluding hydrogens is 288 g/mol. The number of hydrogen-bond acceptors (Lipinski definition) is 6. The van der Waals surface area contributed by atoms with E-state index in [1.54, 1.807) is 12.2 Å². The van der Waals surface area contributed by atoms with Crippen molar-refractivity contribution in [2.24, 2.45) is 5.92 Å². The standard InChI is InChI=1S/C16H16O6/c1-22-15-6-9(2-4-11(15)18)3-5-12(19)16-13(20)7-10(17)8-14(16)21/h2-5,7-9,17-18,20-21H,6H2,1H3. The molecule has 1 unspecified atom stereocenters. The van der Waals surface area contributed by atoms with Gasteiger partial charge >= 0.3 is 0 Å². The van der Waals surface area contributed by atoms with Crippen LogP contribution in [0.2, 0.25) is 0 Å². The van der Waals surface area contributed by atoms with Crippen LogP contribution in [0, 0.1) is 5.92 Å². The lowest BCUT2D eigenvalue weighted by atomic mass is 9.96. The SMILES string of the molecule is COC1=C(O)C=CC(C=CC(=O)c2c(O)cc(O)cc2O)C1. The van der Waals surface area contributed by atoms with Crippen molar-refractivity contribution in [1.82, 2.24) is 0 Å². The van der Waals surface area contributed by atoms with E-state index in [1.807, 2.05) is 0 Å². The number of benzene rings is 1. The van der Waals surface area contributed by atoms with Crippen LogP contribution in [0.4, 0.5) is 0 Å². The normalized spacial score (nSPS) is 18.0. The predicted octanol–water partition coefficient (Wildman–Crippen LogP) is 2.53. The van der Waals surface area contributed by atoms with Gasteiger partial charge in [0.1, 0.15) is 28.6 Å². The minimum Gasteiger partial charge on any atom is -0.508 e. The molecule has 0 fully saturated rings. The highest BCUT2D eigenvalue weighted by molar-refractivity contribution is 6.08. The number of ketones is 1. The number of aliphatic hydroxyl groups is 1. The molecule has 0 aliphatic heterocycles. The van der Waals surface area contributed by atoms with Crippen molar-refractivity contribution >= 4 is 5.78 Å². The van der Waals surface area contributed by atoms with Crippen LogP contribution in [-0.2, 0) is 4.74 Å². The minimum atomic E-state index is -0.596. The van der Waals surface area contributed by atoms with Crippen LogP contribution in [0.1, 0.15) is 16.8 Å². The monoisotopic (exact) mass is 304 g/mol. The number of phenols is 3. The summed E-state index contributed by atoms with van der Waals surface area (Å²) in [5.41, 5.74) is -0.279. The summed E-state index contributed by atoms with van der Waals surface area (Å²) in [5, 5.41) is 38.0. The molecule has 0 amide bonds. The Morgan fingerprint density at radius 1 is 1.23 bits per heavy atom. The average molecular weight is 304 g/mol. The fourth-order valence-electron chi connectivity index (χ4n) is 2.16. The number of phenolic OH excluding ortho intramolecular Hbond substituents is 3. The molecule has 6 heteroatoms. The fraction of sp³-hybridized carbons (Fsp3) is 0.188. The summed E-state index contributed by atoms with van der Waals surface area (Å²) in [6.45, 7) is 0. The number of allylic oxidation sites excluding steroid dienone is 5. The lowest BCUT2D eigenvalue weighted by Gasteiger charge is -2.16. The zero-order valence-electron chi connectivity index (χ0n) is 11.9. The van der Waals surface area contributed by atoms with Gasteiger partial charge in [0.15, 0.2) is 11.5 Å². The summed E-state index contributed by atoms with van der Waals surface area (Å²) < 4.78 is 5.03. The first-order chi connectivity index (χ1) is 10.4. The Bertz CT molecular complexity index is 661. The van der Waals surface area contributed by atoms with E-state index in [4.69, 9.17) is 4.74 Å². The molecule has 1 aliphatic rings. The highest BCUT2D eigenvalue weighted by Crippen LogP contribution is 2.32. The third-order valence-corrected chi connectivity index (χ3v) is 3.28. The molecule has 6 nitrogen and oxygen atoms in total. The third-order valence-electron chi connectivity index (χ3n) is 3.28. The summed E-state index contributed by atoms with van der Waals surface area (Å²) >= 11 is 0. The Balaban J connectivity index is 2.15. The number of aliphatic hydroxyl groups excluding tert-OH is 1. The van der Waals surface area contributed by atoms with E-state index in [9.17, 15) is 25.2 Å². The fourth-order valence-corrected chi connectivity index (χ4v) is 2.16. The van der Waals surface area contributed by atoms with Gasteiger partial charge in [0.05, 0.1) is 7.11 Å². The Labute approximate surface area is 126 Å². The third kappa shape index (κ3) is 3.22. The van der Waals surface area contributed by atoms with Gasteiger partial charge in [0.25, 0.3) is 0 Å². The van der Waals surface area contributed by atoms with Gasteiger partial charge < -0.3 is 25.2 Å². The van der Waals surface area contributed by atoms with Crippen LogP contribution < -0.4 is 0 Å². The van der Waals surface area contributed by atoms with Crippen molar-refractivity contribution in [2.45, 2.75) is 6.42 Å². The number of hydrogen-bond donors (Lipinski definition) is 4. The molecule has 0 radical (unpaired) electrons. The van der Waals surface area contributed by atoms with Gasteiger partial charge in [-0.2, -0.15) is 0 Å². The van der Waals surface area contributed by atoms with Crippen LogP contribution in [0.3, 0.4) is 0 Å². The second kappa shape index (κ2) is 6.26. The molecule has 22 heavy (non-hydrogen) atoms. The number of methoxy groups -OCH3 is 1. The molecule has 0 heterocycles. The first kappa shape index (κ1) is 15.5. The highest BCUT2D eigenvalue weighted by atomic mass is 16.5. The number of carbonyl (C=O) groups is 1. The van der Waals surface area contributed by atoms with Gasteiger partial charge in [-0.3, -0.25) is 4.79 Å². The molecular formula is C16H16O6. The van der Waals surface area contributed by atoms with Crippen LogP contribution >= 0.6 is 0 Å². The zero-order valence-corrected chi connectivity index (χ0v) is 11.9. The minimum absolute atomic E-state index is 0.0484. The van der Waals surface area contributed by atoms with Crippen molar-refractivity contribution in [2.75, 3.05) is 7.11 Å². The molecule has 0 bridgehead atoms. The Morgan fingerprint density at radius 3 is 2.45 bits per heavy atom. The number of ether oxygens (including phenoxy) is 1. The molecule has 1 aliphatic carbocycles. The van der Waals surface area contributed by atoms with E-state index in [0.29, 0.717) is 12.2 Å². The molecule has 0 aromatic heterocycles. The van der Waals surface area contributed by atoms with Crippen LogP contribution in [-0.4, -0.2) is 33.3 Å². The number of rotatable bonds is 4. The topological polar surface area (TPSA) is 107 Å². The molecule has 0 saturated carbocycles. The summed E-state index contributed by atoms with van der Waals surface area (Å²) in [6.07, 6.45) is 6.39. The van der Waals surface area contributed by atoms with Gasteiger partial charge in [0, 0.05) is 24.5 Å². The largest absolute Gasteiger partial charge is 0.508 e. The highest BCUT2D eigenvalue weighted by Gasteiger charge is 2.18. The second-order valence-corrected chi connectivity index (χ2v) is 4.82. The second-order valence-electron chi connectivity index (χ2n) is 4.82. The quantitative estimate of drug-likeness (QED) is 0.503. The molecule has 116 valence electrons. The average Bonchev–Trinajstić information content (AvgIpc) is 2.45. The van der Waals surface area contributed by atoms with Gasteiger partial charge in [0.2, 0.25) is 0 Å². The van der Waals surface area contributed by atoms with Gasteiger partial charge in [-0.1, -0.05) is 12.2 Å². The zero-order chi connectivity index (χ0) is 16.3. The predicted molar refractivity (Wildman–Crippen MR) is 78.8 cm³/mol. The van der Waals surface area contributed by atoms with Crippen molar-refractivity contribution in [3.8, 4) is 17.2 Å². The van der Waals surface area contributed by atoms with Crippen molar-refractivity contribution in [3.63, 3.8) is 0 Å². The lowest BCUT2D eigenvalue weighted by molar-refractivity contribution is 0.104. The van der Waals surface area contributed by atoms with Crippen molar-refractivity contribution in [1.29, 1.82) is 0 Å². The molecule has 1 atom stereocenters. The summed E-state index contributed by atoms with van der Waals surface area (Å²) in [4.78, 5) is 12.1. The number of carbonyl (C=O) groups excluding carboxylic acids is 1. The Morgan fingerprint density at radius 2 is 1.86 bits per heavy atom. The van der Waals surface area contributed by atoms with Crippen molar-refractivity contribution < 1.29 is 30.0 Å². The summed E-state index contributed by atoms with van der Waals surface area (Å²) in [6, 6.07) is 1.95. The maximum Gasteiger partial charge on any atom is 0.193 e. The summed E-state index contributed by atoms with van der Waals surface area (Å²) in [5.74, 6) is -1.62. The van der Waals surface area contributed by atoms with Crippen LogP contribution in [0.15, 0.2) is 48.0 Å². The van der Waals surface area contributed by atoms with E-state index < -0.39 is 17.3 Å². The maximum absolute atomic E-state index is 12.1. The maximum atomic E-state index is 12.1. The molecule has 2 rings (SSSR count). The molecule has 4 N–H and O–H groups in total. The van der Waals surface area contributed by atoms with Crippen molar-refractivity contribution in [3.05, 3.63) is 53.5 Å². The molecule has 0 spiro atoms. The van der Waals surface area contributed by atoms with E-state index in [0.717, 1.165) is 12.1 Å². The number of aromatic hydroxyl groups is 3. The molecule has 1 aromatic carbocycles. The van der Waals surface area contributed by atoms with Gasteiger partial charge in [-0.25, -0.2) is 0 Å². The first-order valence-corrected chi connectivity index (χ1v) is 6.54. The Kier molecular flexibility index (Phi) is 4.41. The summed E-state index contributed by atoms with van der Waals surface area (Å²) in [7, 11) is 1.45. The first-order valence-electron chi connectivity index (χ1n) is 6.54. The smallest absolute Gasteiger partial charge is 0.193 e. The van der Waals surface area contributed by atoms with Crippen LogP contribution in [0.25, 0.3) is 0 Å². The lowest BCUT2D eigenvalue weighted by Crippen LogP contribution is -2.06. The van der Waals surface area contributed by atoms with E-state index in [2.05, 4.69) is 0 Å². The van der Waals surface area contributed by atoms with Gasteiger partial charge in [-0.15, -0.1) is 0 Å². The molecule has 1 aromatic rings. The van der Waals surface area contributed by atoms with E-state index >= 15 is 0 Å². The van der Waals surface area contributed by atoms with Gasteiger partial charge in [-0.05, 0) is 12.2 Å². The van der Waals surface area contributed by atoms with Crippen LogP contribution in [0.5, 0.6) is 17.2 Å².